The van der Waals surface area contributed by atoms with E-state index in [0.29, 0.717) is 19.6 Å². The second kappa shape index (κ2) is 23.1. The first kappa shape index (κ1) is 38.2. The Labute approximate surface area is 278 Å². The molecule has 2 unspecified atom stereocenters. The van der Waals surface area contributed by atoms with Crippen LogP contribution in [0.15, 0.2) is 60.8 Å². The number of nitrogens with zero attached hydrogens (tertiary/aromatic N) is 1. The summed E-state index contributed by atoms with van der Waals surface area (Å²) in [6, 6.07) is 17.2. The van der Waals surface area contributed by atoms with Gasteiger partial charge in [-0.15, -0.1) is 0 Å². The maximum absolute atomic E-state index is 12.7. The Balaban J connectivity index is 1.21. The number of aromatic nitrogens is 1. The number of methoxy groups -OCH3 is 1. The highest BCUT2D eigenvalue weighted by Crippen LogP contribution is 2.44. The third-order valence-corrected chi connectivity index (χ3v) is 9.31. The van der Waals surface area contributed by atoms with Crippen LogP contribution < -0.4 is 4.52 Å². The van der Waals surface area contributed by atoms with Crippen molar-refractivity contribution in [2.45, 2.75) is 122 Å². The predicted octanol–water partition coefficient (Wildman–Crippen LogP) is 10.6. The Morgan fingerprint density at radius 3 is 1.98 bits per heavy atom. The van der Waals surface area contributed by atoms with E-state index in [9.17, 15) is 9.46 Å². The molecule has 3 rings (SSSR count). The number of phosphoric acid groups is 1. The molecule has 8 heteroatoms. The lowest BCUT2D eigenvalue weighted by atomic mass is 10.0. The molecule has 0 spiro atoms. The van der Waals surface area contributed by atoms with Crippen LogP contribution in [0.5, 0.6) is 5.75 Å². The number of rotatable bonds is 27. The van der Waals surface area contributed by atoms with Crippen molar-refractivity contribution in [3.05, 3.63) is 72.1 Å². The van der Waals surface area contributed by atoms with Crippen molar-refractivity contribution in [1.29, 1.82) is 0 Å². The van der Waals surface area contributed by atoms with Crippen LogP contribution in [0.4, 0.5) is 0 Å². The van der Waals surface area contributed by atoms with Crippen LogP contribution in [-0.2, 0) is 25.0 Å². The van der Waals surface area contributed by atoms with Gasteiger partial charge in [0, 0.05) is 37.4 Å². The molecule has 0 saturated heterocycles. The quantitative estimate of drug-likeness (QED) is 0.0646. The molecule has 3 aromatic rings. The molecule has 0 aliphatic carbocycles. The summed E-state index contributed by atoms with van der Waals surface area (Å²) in [5.41, 5.74) is 1.82. The fraction of sp³-hybridized carbons (Fsp3) is 0.605. The van der Waals surface area contributed by atoms with Crippen LogP contribution in [0.3, 0.4) is 0 Å². The summed E-state index contributed by atoms with van der Waals surface area (Å²) in [4.78, 5) is 14.9. The lowest BCUT2D eigenvalue weighted by molar-refractivity contribution is -0.0197. The van der Waals surface area contributed by atoms with Gasteiger partial charge in [-0.05, 0) is 35.6 Å². The smallest absolute Gasteiger partial charge is 0.404 e. The fourth-order valence-corrected chi connectivity index (χ4v) is 6.42. The van der Waals surface area contributed by atoms with E-state index in [1.165, 1.54) is 89.9 Å². The molecule has 0 aliphatic heterocycles. The molecule has 0 amide bonds. The highest BCUT2D eigenvalue weighted by Gasteiger charge is 2.25. The van der Waals surface area contributed by atoms with E-state index < -0.39 is 13.9 Å². The molecule has 1 aromatic heterocycles. The second-order valence-electron chi connectivity index (χ2n) is 12.4. The topological polar surface area (TPSA) is 87.1 Å². The zero-order valence-electron chi connectivity index (χ0n) is 28.4. The van der Waals surface area contributed by atoms with E-state index in [1.807, 2.05) is 30.5 Å². The van der Waals surface area contributed by atoms with Gasteiger partial charge < -0.3 is 14.0 Å². The summed E-state index contributed by atoms with van der Waals surface area (Å²) in [5, 5.41) is 2.21. The summed E-state index contributed by atoms with van der Waals surface area (Å²) >= 11 is 0. The van der Waals surface area contributed by atoms with Crippen molar-refractivity contribution in [2.75, 3.05) is 26.9 Å². The van der Waals surface area contributed by atoms with E-state index in [4.69, 9.17) is 18.5 Å². The van der Waals surface area contributed by atoms with Crippen molar-refractivity contribution < 1.29 is 28.0 Å². The van der Waals surface area contributed by atoms with E-state index >= 15 is 0 Å². The molecule has 1 N–H and O–H groups in total. The first-order chi connectivity index (χ1) is 22.5. The monoisotopic (exact) mass is 655 g/mol. The summed E-state index contributed by atoms with van der Waals surface area (Å²) in [6.07, 6.45) is 23.3. The Bertz CT molecular complexity index is 1270. The predicted molar refractivity (Wildman–Crippen MR) is 189 cm³/mol. The summed E-state index contributed by atoms with van der Waals surface area (Å²) < 4.78 is 34.4. The highest BCUT2D eigenvalue weighted by molar-refractivity contribution is 7.47. The number of pyridine rings is 1. The number of hydrogen-bond donors (Lipinski definition) is 1. The third-order valence-electron chi connectivity index (χ3n) is 8.39. The van der Waals surface area contributed by atoms with E-state index in [-0.39, 0.29) is 12.4 Å². The standard InChI is InChI=1S/C38H58NO6P/c1-3-4-5-6-7-8-9-10-11-12-13-14-15-16-17-20-26-43-31-38(42-2)32-44-46(40,41)45-37-25-21-22-33(28-37)27-36-29-34-23-18-19-24-35(34)30-39-36/h18-19,21-25,28-30,38H,3-17,20,26-27,31-32H2,1-2H3,(H,40,41). The summed E-state index contributed by atoms with van der Waals surface area (Å²) in [7, 11) is -2.80. The number of phosphoric ester groups is 1. The van der Waals surface area contributed by atoms with Crippen LogP contribution in [0.1, 0.15) is 121 Å². The lowest BCUT2D eigenvalue weighted by Crippen LogP contribution is -2.24. The number of hydrogen-bond acceptors (Lipinski definition) is 6. The molecule has 0 fully saturated rings. The molecule has 7 nitrogen and oxygen atoms in total. The first-order valence-corrected chi connectivity index (χ1v) is 19.2. The third kappa shape index (κ3) is 16.5. The molecule has 1 heterocycles. The van der Waals surface area contributed by atoms with Gasteiger partial charge in [0.1, 0.15) is 11.9 Å². The van der Waals surface area contributed by atoms with Gasteiger partial charge in [0.05, 0.1) is 13.2 Å². The zero-order valence-corrected chi connectivity index (χ0v) is 29.3. The van der Waals surface area contributed by atoms with Crippen molar-refractivity contribution in [2.24, 2.45) is 0 Å². The van der Waals surface area contributed by atoms with Gasteiger partial charge in [-0.25, -0.2) is 4.57 Å². The Morgan fingerprint density at radius 1 is 0.739 bits per heavy atom. The number of fused-ring (bicyclic) bond motifs is 1. The molecule has 0 aliphatic rings. The Hall–Kier alpha value is -2.28. The number of ether oxygens (including phenoxy) is 2. The molecular formula is C38H58NO6P. The lowest BCUT2D eigenvalue weighted by Gasteiger charge is -2.18. The summed E-state index contributed by atoms with van der Waals surface area (Å²) in [5.74, 6) is 0.262. The van der Waals surface area contributed by atoms with Crippen LogP contribution >= 0.6 is 7.82 Å². The van der Waals surface area contributed by atoms with Crippen molar-refractivity contribution in [1.82, 2.24) is 4.98 Å². The molecule has 0 bridgehead atoms. The van der Waals surface area contributed by atoms with E-state index in [1.54, 1.807) is 25.3 Å². The zero-order chi connectivity index (χ0) is 32.7. The van der Waals surface area contributed by atoms with Gasteiger partial charge in [0.15, 0.2) is 0 Å². The summed E-state index contributed by atoms with van der Waals surface area (Å²) in [6.45, 7) is 3.11. The highest BCUT2D eigenvalue weighted by atomic mass is 31.2. The molecule has 256 valence electrons. The Kier molecular flexibility index (Phi) is 19.2. The minimum atomic E-state index is -4.35. The van der Waals surface area contributed by atoms with Gasteiger partial charge in [-0.2, -0.15) is 0 Å². The minimum Gasteiger partial charge on any atom is -0.404 e. The van der Waals surface area contributed by atoms with Crippen LogP contribution in [-0.4, -0.2) is 42.9 Å². The van der Waals surface area contributed by atoms with Crippen molar-refractivity contribution >= 4 is 18.6 Å². The van der Waals surface area contributed by atoms with E-state index in [2.05, 4.69) is 24.0 Å². The van der Waals surface area contributed by atoms with Crippen molar-refractivity contribution in [3.8, 4) is 5.75 Å². The van der Waals surface area contributed by atoms with Gasteiger partial charge >= 0.3 is 7.82 Å². The molecule has 0 radical (unpaired) electrons. The van der Waals surface area contributed by atoms with E-state index in [0.717, 1.165) is 34.9 Å². The SMILES string of the molecule is CCCCCCCCCCCCCCCCCCOCC(COP(=O)(O)Oc1cccc(Cc2cc3ccccc3cn2)c1)OC. The number of benzene rings is 2. The second-order valence-corrected chi connectivity index (χ2v) is 13.8. The maximum Gasteiger partial charge on any atom is 0.527 e. The first-order valence-electron chi connectivity index (χ1n) is 17.7. The van der Waals surface area contributed by atoms with Gasteiger partial charge in [-0.3, -0.25) is 14.4 Å². The van der Waals surface area contributed by atoms with Gasteiger partial charge in [0.25, 0.3) is 0 Å². The van der Waals surface area contributed by atoms with Gasteiger partial charge in [0.2, 0.25) is 0 Å². The molecular weight excluding hydrogens is 597 g/mol. The average molecular weight is 656 g/mol. The average Bonchev–Trinajstić information content (AvgIpc) is 3.05. The van der Waals surface area contributed by atoms with Gasteiger partial charge in [-0.1, -0.05) is 140 Å². The molecule has 2 aromatic carbocycles. The molecule has 0 saturated carbocycles. The van der Waals surface area contributed by atoms with Crippen LogP contribution in [0.2, 0.25) is 0 Å². The molecule has 46 heavy (non-hydrogen) atoms. The number of unbranched alkanes of at least 4 members (excludes halogenated alkanes) is 15. The Morgan fingerprint density at radius 2 is 1.35 bits per heavy atom. The van der Waals surface area contributed by atoms with Crippen molar-refractivity contribution in [3.63, 3.8) is 0 Å². The van der Waals surface area contributed by atoms with Crippen LogP contribution in [0, 0.1) is 0 Å². The normalized spacial score (nSPS) is 13.5. The maximum atomic E-state index is 12.7. The van der Waals surface area contributed by atoms with Crippen LogP contribution in [0.25, 0.3) is 10.8 Å². The largest absolute Gasteiger partial charge is 0.527 e. The minimum absolute atomic E-state index is 0.107. The molecule has 2 atom stereocenters. The fourth-order valence-electron chi connectivity index (χ4n) is 5.64.